The molecule has 0 bridgehead atoms. The SMILES string of the molecule is COCC(Nc1nnccc1C(N)=S)C(C)C. The van der Waals surface area contributed by atoms with E-state index in [0.29, 0.717) is 28.9 Å². The van der Waals surface area contributed by atoms with Crippen LogP contribution in [0.25, 0.3) is 0 Å². The summed E-state index contributed by atoms with van der Waals surface area (Å²) < 4.78 is 5.16. The normalized spacial score (nSPS) is 12.5. The van der Waals surface area contributed by atoms with Gasteiger partial charge in [-0.25, -0.2) is 0 Å². The molecule has 6 heteroatoms. The van der Waals surface area contributed by atoms with Crippen LogP contribution in [0.2, 0.25) is 0 Å². The number of rotatable bonds is 6. The van der Waals surface area contributed by atoms with Gasteiger partial charge in [-0.05, 0) is 12.0 Å². The molecular weight excluding hydrogens is 236 g/mol. The first-order valence-electron chi connectivity index (χ1n) is 5.43. The smallest absolute Gasteiger partial charge is 0.159 e. The molecule has 1 aromatic rings. The van der Waals surface area contributed by atoms with Crippen LogP contribution in [0, 0.1) is 5.92 Å². The van der Waals surface area contributed by atoms with Crippen LogP contribution in [0.15, 0.2) is 12.3 Å². The van der Waals surface area contributed by atoms with E-state index in [0.717, 1.165) is 0 Å². The standard InChI is InChI=1S/C11H18N4OS/c1-7(2)9(6-16-3)14-11-8(10(12)17)4-5-13-15-11/h4-5,7,9H,6H2,1-3H3,(H2,12,17)(H,14,15). The molecule has 3 N–H and O–H groups in total. The van der Waals surface area contributed by atoms with E-state index >= 15 is 0 Å². The second-order valence-electron chi connectivity index (χ2n) is 4.11. The maximum Gasteiger partial charge on any atom is 0.159 e. The monoisotopic (exact) mass is 254 g/mol. The fourth-order valence-electron chi connectivity index (χ4n) is 1.39. The van der Waals surface area contributed by atoms with Crippen LogP contribution in [0.5, 0.6) is 0 Å². The molecule has 0 aliphatic heterocycles. The first-order chi connectivity index (χ1) is 8.06. The lowest BCUT2D eigenvalue weighted by atomic mass is 10.1. The van der Waals surface area contributed by atoms with Gasteiger partial charge in [-0.2, -0.15) is 5.10 Å². The Morgan fingerprint density at radius 2 is 2.29 bits per heavy atom. The van der Waals surface area contributed by atoms with E-state index < -0.39 is 0 Å². The molecule has 94 valence electrons. The Hall–Kier alpha value is -1.27. The van der Waals surface area contributed by atoms with Crippen LogP contribution in [0.3, 0.4) is 0 Å². The Kier molecular flexibility index (Phi) is 5.24. The van der Waals surface area contributed by atoms with Gasteiger partial charge in [0.05, 0.1) is 24.4 Å². The number of nitrogens with zero attached hydrogens (tertiary/aromatic N) is 2. The van der Waals surface area contributed by atoms with E-state index in [2.05, 4.69) is 29.4 Å². The van der Waals surface area contributed by atoms with Crippen molar-refractivity contribution >= 4 is 23.0 Å². The van der Waals surface area contributed by atoms with Crippen molar-refractivity contribution in [3.8, 4) is 0 Å². The van der Waals surface area contributed by atoms with Crippen LogP contribution in [0.4, 0.5) is 5.82 Å². The molecule has 0 amide bonds. The fourth-order valence-corrected chi connectivity index (χ4v) is 1.56. The molecular formula is C11H18N4OS. The molecule has 0 spiro atoms. The average Bonchev–Trinajstić information content (AvgIpc) is 2.28. The average molecular weight is 254 g/mol. The second kappa shape index (κ2) is 6.46. The van der Waals surface area contributed by atoms with Crippen molar-refractivity contribution in [1.82, 2.24) is 10.2 Å². The summed E-state index contributed by atoms with van der Waals surface area (Å²) in [7, 11) is 1.67. The van der Waals surface area contributed by atoms with Gasteiger partial charge in [0.15, 0.2) is 5.82 Å². The summed E-state index contributed by atoms with van der Waals surface area (Å²) in [6, 6.07) is 1.90. The highest BCUT2D eigenvalue weighted by Crippen LogP contribution is 2.14. The maximum atomic E-state index is 5.63. The third-order valence-electron chi connectivity index (χ3n) is 2.46. The lowest BCUT2D eigenvalue weighted by molar-refractivity contribution is 0.171. The van der Waals surface area contributed by atoms with Crippen molar-refractivity contribution in [2.45, 2.75) is 19.9 Å². The van der Waals surface area contributed by atoms with Gasteiger partial charge in [0.1, 0.15) is 4.99 Å². The summed E-state index contributed by atoms with van der Waals surface area (Å²) in [5, 5.41) is 11.1. The third-order valence-corrected chi connectivity index (χ3v) is 2.68. The van der Waals surface area contributed by atoms with Crippen molar-refractivity contribution in [3.63, 3.8) is 0 Å². The van der Waals surface area contributed by atoms with Gasteiger partial charge in [-0.3, -0.25) is 0 Å². The minimum absolute atomic E-state index is 0.143. The van der Waals surface area contributed by atoms with Gasteiger partial charge < -0.3 is 15.8 Å². The van der Waals surface area contributed by atoms with E-state index in [4.69, 9.17) is 22.7 Å². The van der Waals surface area contributed by atoms with Crippen LogP contribution < -0.4 is 11.1 Å². The summed E-state index contributed by atoms with van der Waals surface area (Å²) in [5.74, 6) is 1.01. The van der Waals surface area contributed by atoms with Crippen molar-refractivity contribution in [2.24, 2.45) is 11.7 Å². The summed E-state index contributed by atoms with van der Waals surface area (Å²) in [4.78, 5) is 0.308. The van der Waals surface area contributed by atoms with E-state index in [1.165, 1.54) is 0 Å². The Morgan fingerprint density at radius 3 is 2.82 bits per heavy atom. The third kappa shape index (κ3) is 3.90. The van der Waals surface area contributed by atoms with Crippen molar-refractivity contribution < 1.29 is 4.74 Å². The van der Waals surface area contributed by atoms with Crippen LogP contribution in [0.1, 0.15) is 19.4 Å². The number of anilines is 1. The minimum Gasteiger partial charge on any atom is -0.389 e. The quantitative estimate of drug-likeness (QED) is 0.743. The molecule has 1 heterocycles. The number of ether oxygens (including phenoxy) is 1. The largest absolute Gasteiger partial charge is 0.389 e. The van der Waals surface area contributed by atoms with Crippen molar-refractivity contribution in [3.05, 3.63) is 17.8 Å². The zero-order valence-electron chi connectivity index (χ0n) is 10.3. The summed E-state index contributed by atoms with van der Waals surface area (Å²) >= 11 is 4.97. The number of aromatic nitrogens is 2. The first-order valence-corrected chi connectivity index (χ1v) is 5.84. The van der Waals surface area contributed by atoms with Crippen LogP contribution in [-0.4, -0.2) is 34.9 Å². The summed E-state index contributed by atoms with van der Waals surface area (Å²) in [6.45, 7) is 4.80. The lowest BCUT2D eigenvalue weighted by Crippen LogP contribution is -2.32. The van der Waals surface area contributed by atoms with Gasteiger partial charge in [-0.1, -0.05) is 26.1 Å². The molecule has 0 aliphatic carbocycles. The highest BCUT2D eigenvalue weighted by Gasteiger charge is 2.16. The molecule has 17 heavy (non-hydrogen) atoms. The van der Waals surface area contributed by atoms with Crippen LogP contribution >= 0.6 is 12.2 Å². The molecule has 0 aliphatic rings. The summed E-state index contributed by atoms with van der Waals surface area (Å²) in [5.41, 5.74) is 6.34. The number of hydrogen-bond acceptors (Lipinski definition) is 5. The predicted octanol–water partition coefficient (Wildman–Crippen LogP) is 1.19. The van der Waals surface area contributed by atoms with E-state index in [1.807, 2.05) is 0 Å². The van der Waals surface area contributed by atoms with E-state index in [9.17, 15) is 0 Å². The molecule has 5 nitrogen and oxygen atoms in total. The predicted molar refractivity (Wildman–Crippen MR) is 72.0 cm³/mol. The van der Waals surface area contributed by atoms with E-state index in [-0.39, 0.29) is 6.04 Å². The number of nitrogens with two attached hydrogens (primary N) is 1. The maximum absolute atomic E-state index is 5.63. The van der Waals surface area contributed by atoms with Crippen LogP contribution in [-0.2, 0) is 4.74 Å². The van der Waals surface area contributed by atoms with Gasteiger partial charge in [0, 0.05) is 7.11 Å². The Balaban J connectivity index is 2.88. The summed E-state index contributed by atoms with van der Waals surface area (Å²) in [6.07, 6.45) is 1.57. The molecule has 1 aromatic heterocycles. The zero-order valence-corrected chi connectivity index (χ0v) is 11.1. The zero-order chi connectivity index (χ0) is 12.8. The van der Waals surface area contributed by atoms with Crippen molar-refractivity contribution in [1.29, 1.82) is 0 Å². The molecule has 0 radical (unpaired) electrons. The number of methoxy groups -OCH3 is 1. The molecule has 1 atom stereocenters. The highest BCUT2D eigenvalue weighted by molar-refractivity contribution is 7.80. The van der Waals surface area contributed by atoms with E-state index in [1.54, 1.807) is 19.4 Å². The molecule has 0 fully saturated rings. The van der Waals surface area contributed by atoms with Gasteiger partial charge in [0.25, 0.3) is 0 Å². The minimum atomic E-state index is 0.143. The van der Waals surface area contributed by atoms with Crippen molar-refractivity contribution in [2.75, 3.05) is 19.0 Å². The topological polar surface area (TPSA) is 73.1 Å². The van der Waals surface area contributed by atoms with Gasteiger partial charge in [0.2, 0.25) is 0 Å². The molecule has 1 unspecified atom stereocenters. The fraction of sp³-hybridized carbons (Fsp3) is 0.545. The Labute approximate surface area is 107 Å². The molecule has 0 saturated carbocycles. The molecule has 0 saturated heterocycles. The lowest BCUT2D eigenvalue weighted by Gasteiger charge is -2.22. The first kappa shape index (κ1) is 13.8. The molecule has 0 aromatic carbocycles. The molecule has 1 rings (SSSR count). The number of nitrogens with one attached hydrogen (secondary N) is 1. The Bertz CT molecular complexity index is 383. The number of thiocarbonyl (C=S) groups is 1. The number of hydrogen-bond donors (Lipinski definition) is 2. The highest BCUT2D eigenvalue weighted by atomic mass is 32.1. The van der Waals surface area contributed by atoms with Gasteiger partial charge >= 0.3 is 0 Å². The Morgan fingerprint density at radius 1 is 1.59 bits per heavy atom. The second-order valence-corrected chi connectivity index (χ2v) is 4.55. The van der Waals surface area contributed by atoms with Gasteiger partial charge in [-0.15, -0.1) is 5.10 Å².